The highest BCUT2D eigenvalue weighted by Crippen LogP contribution is 2.66. The van der Waals surface area contributed by atoms with E-state index in [2.05, 4.69) is 12.7 Å². The quantitative estimate of drug-likeness (QED) is 0.131. The van der Waals surface area contributed by atoms with Crippen LogP contribution in [0.1, 0.15) is 161 Å². The third-order valence-corrected chi connectivity index (χ3v) is 12.2. The van der Waals surface area contributed by atoms with Crippen LogP contribution in [-0.4, -0.2) is 20.4 Å². The van der Waals surface area contributed by atoms with Crippen molar-refractivity contribution in [2.45, 2.75) is 176 Å². The van der Waals surface area contributed by atoms with Crippen molar-refractivity contribution < 1.29 is 0 Å². The molecule has 0 amide bonds. The molecule has 5 aliphatic rings. The van der Waals surface area contributed by atoms with Gasteiger partial charge in [0.15, 0.2) is 0 Å². The Morgan fingerprint density at radius 1 is 0.650 bits per heavy atom. The fourth-order valence-corrected chi connectivity index (χ4v) is 9.20. The van der Waals surface area contributed by atoms with Crippen LogP contribution in [0.4, 0.5) is 0 Å². The molecule has 0 spiro atoms. The molecule has 4 atom stereocenters. The van der Waals surface area contributed by atoms with Gasteiger partial charge in [0.1, 0.15) is 0 Å². The minimum Gasteiger partial charge on any atom is -0.172 e. The Hall–Kier alpha value is -0.560. The van der Waals surface area contributed by atoms with Crippen LogP contribution in [0.2, 0.25) is 11.1 Å². The third kappa shape index (κ3) is 7.68. The van der Waals surface area contributed by atoms with E-state index >= 15 is 0 Å². The molecule has 216 valence electrons. The predicted molar refractivity (Wildman–Crippen MR) is 180 cm³/mol. The van der Waals surface area contributed by atoms with Crippen molar-refractivity contribution in [1.29, 1.82) is 0 Å². The van der Waals surface area contributed by atoms with E-state index in [-0.39, 0.29) is 15.9 Å². The van der Waals surface area contributed by atoms with E-state index in [1.807, 2.05) is 0 Å². The van der Waals surface area contributed by atoms with E-state index < -0.39 is 0 Å². The monoisotopic (exact) mass is 554 g/mol. The highest BCUT2D eigenvalue weighted by Gasteiger charge is 2.56. The van der Waals surface area contributed by atoms with Gasteiger partial charge in [-0.15, -0.1) is 0 Å². The molecule has 4 unspecified atom stereocenters. The Morgan fingerprint density at radius 3 is 1.88 bits per heavy atom. The molecule has 4 saturated carbocycles. The summed E-state index contributed by atoms with van der Waals surface area (Å²) in [6, 6.07) is 0. The number of thiol groups is 1. The lowest BCUT2D eigenvalue weighted by Crippen LogP contribution is -2.32. The Kier molecular flexibility index (Phi) is 11.0. The van der Waals surface area contributed by atoms with Crippen LogP contribution in [0.3, 0.4) is 0 Å². The van der Waals surface area contributed by atoms with Gasteiger partial charge in [-0.25, -0.2) is 0 Å². The first-order valence-electron chi connectivity index (χ1n) is 17.5. The van der Waals surface area contributed by atoms with Crippen molar-refractivity contribution in [3.05, 3.63) is 46.1 Å². The number of fused-ring (bicyclic) bond motifs is 5. The molecule has 0 heterocycles. The van der Waals surface area contributed by atoms with Gasteiger partial charge in [0, 0.05) is 10.7 Å². The van der Waals surface area contributed by atoms with Crippen LogP contribution in [0, 0.1) is 5.92 Å². The molecule has 5 aliphatic carbocycles. The van der Waals surface area contributed by atoms with Gasteiger partial charge in [-0.05, 0) is 74.2 Å². The van der Waals surface area contributed by atoms with E-state index in [1.54, 1.807) is 27.9 Å². The fourth-order valence-electron chi connectivity index (χ4n) is 8.69. The van der Waals surface area contributed by atoms with Gasteiger partial charge < -0.3 is 0 Å². The Bertz CT molecular complexity index is 988. The second-order valence-electron chi connectivity index (χ2n) is 14.5. The summed E-state index contributed by atoms with van der Waals surface area (Å²) in [5, 5.41) is -0.191. The summed E-state index contributed by atoms with van der Waals surface area (Å²) >= 11 is 5.56. The molecule has 0 aromatic heterocycles. The van der Waals surface area contributed by atoms with E-state index in [0.717, 1.165) is 25.7 Å². The molecular formula is C37H56B2S. The second kappa shape index (κ2) is 14.3. The highest BCUT2D eigenvalue weighted by atomic mass is 32.1. The molecule has 0 aromatic rings. The molecule has 2 bridgehead atoms. The van der Waals surface area contributed by atoms with Gasteiger partial charge in [-0.3, -0.25) is 0 Å². The maximum atomic E-state index is 7.26. The number of rotatable bonds is 0. The van der Waals surface area contributed by atoms with Crippen LogP contribution in [0.15, 0.2) is 46.1 Å². The summed E-state index contributed by atoms with van der Waals surface area (Å²) in [6.45, 7) is 4.27. The minimum absolute atomic E-state index is 0.142. The number of allylic oxidation sites excluding steroid dienone is 7. The van der Waals surface area contributed by atoms with Gasteiger partial charge >= 0.3 is 0 Å². The highest BCUT2D eigenvalue weighted by molar-refractivity contribution is 7.82. The normalized spacial score (nSPS) is 39.6. The van der Waals surface area contributed by atoms with Crippen LogP contribution in [-0.2, 0) is 0 Å². The van der Waals surface area contributed by atoms with E-state index in [1.165, 1.54) is 140 Å². The molecule has 5 rings (SSSR count). The maximum Gasteiger partial charge on any atom is 0.0802 e. The Morgan fingerprint density at radius 2 is 1.23 bits per heavy atom. The van der Waals surface area contributed by atoms with E-state index in [4.69, 9.17) is 28.3 Å². The van der Waals surface area contributed by atoms with E-state index in [9.17, 15) is 0 Å². The first-order chi connectivity index (χ1) is 19.4. The standard InChI is InChI=1S/C37H56B2S/c1-28-19-20-31(26-28)29-16-15-17-30(22-21-29)34-32-27-36(39)23-14-12-10-8-6-4-2-3-5-7-9-11-13-18-33(38)37(40,25-24-36)35(32)34/h27,33,35,40H,1-26H2/b31-29-,34-30+. The van der Waals surface area contributed by atoms with Crippen molar-refractivity contribution in [2.24, 2.45) is 5.92 Å². The molecule has 0 aliphatic heterocycles. The van der Waals surface area contributed by atoms with Crippen LogP contribution >= 0.6 is 12.6 Å². The SMILES string of the molecule is [B]C1CCCCCCCCCCCCCCCC2([B])C=C3/C(=C4/CCC/C(=C5\CCC(=C)C5)CC4)C3C1(S)CC2. The lowest BCUT2D eigenvalue weighted by molar-refractivity contribution is 0.409. The molecule has 4 radical (unpaired) electrons. The lowest BCUT2D eigenvalue weighted by Gasteiger charge is -2.37. The second-order valence-corrected chi connectivity index (χ2v) is 15.3. The van der Waals surface area contributed by atoms with Crippen LogP contribution in [0.5, 0.6) is 0 Å². The largest absolute Gasteiger partial charge is 0.172 e. The van der Waals surface area contributed by atoms with Crippen molar-refractivity contribution in [2.75, 3.05) is 0 Å². The fraction of sp³-hybridized carbons (Fsp3) is 0.784. The van der Waals surface area contributed by atoms with Crippen molar-refractivity contribution in [3.63, 3.8) is 0 Å². The third-order valence-electron chi connectivity index (χ3n) is 11.4. The topological polar surface area (TPSA) is 0 Å². The van der Waals surface area contributed by atoms with Gasteiger partial charge in [0.2, 0.25) is 0 Å². The molecule has 3 heteroatoms. The summed E-state index contributed by atoms with van der Waals surface area (Å²) in [5.74, 6) is 0.573. The molecule has 0 nitrogen and oxygen atoms in total. The average molecular weight is 555 g/mol. The molecule has 0 N–H and O–H groups in total. The van der Waals surface area contributed by atoms with Crippen LogP contribution < -0.4 is 0 Å². The first kappa shape index (κ1) is 30.9. The van der Waals surface area contributed by atoms with Crippen molar-refractivity contribution >= 4 is 28.3 Å². The summed E-state index contributed by atoms with van der Waals surface area (Å²) in [5.41, 5.74) is 9.83. The number of hydrogen-bond acceptors (Lipinski definition) is 1. The minimum atomic E-state index is -0.191. The summed E-state index contributed by atoms with van der Waals surface area (Å²) in [4.78, 5) is 0. The van der Waals surface area contributed by atoms with Gasteiger partial charge in [-0.2, -0.15) is 12.6 Å². The van der Waals surface area contributed by atoms with Crippen molar-refractivity contribution in [3.8, 4) is 0 Å². The summed E-state index contributed by atoms with van der Waals surface area (Å²) < 4.78 is -0.146. The van der Waals surface area contributed by atoms with E-state index in [0.29, 0.717) is 5.92 Å². The zero-order chi connectivity index (χ0) is 28.0. The molecule has 40 heavy (non-hydrogen) atoms. The predicted octanol–water partition coefficient (Wildman–Crippen LogP) is 11.5. The molecule has 4 fully saturated rings. The smallest absolute Gasteiger partial charge is 0.0802 e. The zero-order valence-corrected chi connectivity index (χ0v) is 26.6. The van der Waals surface area contributed by atoms with Crippen molar-refractivity contribution in [1.82, 2.24) is 0 Å². The van der Waals surface area contributed by atoms with Gasteiger partial charge in [0.25, 0.3) is 0 Å². The summed E-state index contributed by atoms with van der Waals surface area (Å²) in [7, 11) is 14.4. The number of hydrogen-bond donors (Lipinski definition) is 1. The van der Waals surface area contributed by atoms with Gasteiger partial charge in [0.05, 0.1) is 15.7 Å². The Labute approximate surface area is 256 Å². The molecular weight excluding hydrogens is 498 g/mol. The maximum absolute atomic E-state index is 7.26. The lowest BCUT2D eigenvalue weighted by atomic mass is 9.60. The summed E-state index contributed by atoms with van der Waals surface area (Å²) in [6.07, 6.45) is 34.6. The molecule has 0 saturated heterocycles. The average Bonchev–Trinajstić information content (AvgIpc) is 3.58. The molecule has 0 aromatic carbocycles. The Balaban J connectivity index is 1.35. The van der Waals surface area contributed by atoms with Gasteiger partial charge in [-0.1, -0.05) is 143 Å². The van der Waals surface area contributed by atoms with Crippen LogP contribution in [0.25, 0.3) is 0 Å². The first-order valence-corrected chi connectivity index (χ1v) is 17.9. The zero-order valence-electron chi connectivity index (χ0n) is 25.7.